The van der Waals surface area contributed by atoms with E-state index in [1.807, 2.05) is 84.9 Å². The number of hydrogen-bond acceptors (Lipinski definition) is 8. The average molecular weight is 559 g/mol. The molecule has 5 aromatic carbocycles. The quantitative estimate of drug-likeness (QED) is 0.198. The molecule has 0 aliphatic heterocycles. The van der Waals surface area contributed by atoms with Gasteiger partial charge >= 0.3 is 0 Å². The Hall–Kier alpha value is -4.92. The summed E-state index contributed by atoms with van der Waals surface area (Å²) in [5, 5.41) is 1.92. The molecule has 0 fully saturated rings. The summed E-state index contributed by atoms with van der Waals surface area (Å²) in [4.78, 5) is 9.83. The zero-order valence-corrected chi connectivity index (χ0v) is 22.7. The van der Waals surface area contributed by atoms with Gasteiger partial charge in [0, 0.05) is 34.6 Å². The van der Waals surface area contributed by atoms with Crippen LogP contribution in [0.15, 0.2) is 109 Å². The van der Waals surface area contributed by atoms with Crippen molar-refractivity contribution < 1.29 is 9.47 Å². The van der Waals surface area contributed by atoms with Gasteiger partial charge in [-0.1, -0.05) is 12.1 Å². The van der Waals surface area contributed by atoms with Crippen LogP contribution in [0, 0.1) is 0 Å². The fourth-order valence-electron chi connectivity index (χ4n) is 4.36. The highest BCUT2D eigenvalue weighted by Gasteiger charge is 2.12. The summed E-state index contributed by atoms with van der Waals surface area (Å²) in [7, 11) is 0. The van der Waals surface area contributed by atoms with E-state index in [1.54, 1.807) is 34.8 Å². The van der Waals surface area contributed by atoms with E-state index in [2.05, 4.69) is 12.1 Å². The van der Waals surface area contributed by atoms with Crippen molar-refractivity contribution >= 4 is 54.5 Å². The molecule has 40 heavy (non-hydrogen) atoms. The van der Waals surface area contributed by atoms with E-state index in [0.29, 0.717) is 22.9 Å². The van der Waals surface area contributed by atoms with E-state index in [1.165, 1.54) is 0 Å². The molecule has 0 atom stereocenters. The number of hydrogen-bond donors (Lipinski definition) is 2. The monoisotopic (exact) mass is 558 g/mol. The molecule has 4 N–H and O–H groups in total. The van der Waals surface area contributed by atoms with Gasteiger partial charge in [0.05, 0.1) is 20.4 Å². The number of thiazole rings is 2. The summed E-state index contributed by atoms with van der Waals surface area (Å²) in [6.07, 6.45) is 0. The summed E-state index contributed by atoms with van der Waals surface area (Å²) in [6, 6.07) is 34.9. The lowest BCUT2D eigenvalue weighted by molar-refractivity contribution is 0.483. The molecule has 0 bridgehead atoms. The van der Waals surface area contributed by atoms with E-state index in [4.69, 9.17) is 30.9 Å². The molecule has 2 heterocycles. The fourth-order valence-corrected chi connectivity index (χ4v) is 6.33. The Morgan fingerprint density at radius 2 is 0.900 bits per heavy atom. The highest BCUT2D eigenvalue weighted by atomic mass is 32.1. The Labute approximate surface area is 238 Å². The van der Waals surface area contributed by atoms with Crippen molar-refractivity contribution in [1.82, 2.24) is 9.97 Å². The predicted octanol–water partition coefficient (Wildman–Crippen LogP) is 8.99. The van der Waals surface area contributed by atoms with Crippen molar-refractivity contribution in [2.24, 2.45) is 0 Å². The van der Waals surface area contributed by atoms with Gasteiger partial charge in [0.25, 0.3) is 0 Å². The zero-order chi connectivity index (χ0) is 27.1. The Morgan fingerprint density at radius 1 is 0.475 bits per heavy atom. The lowest BCUT2D eigenvalue weighted by Gasteiger charge is -2.06. The number of nitrogens with zero attached hydrogens (tertiary/aromatic N) is 2. The average Bonchev–Trinajstić information content (AvgIpc) is 3.56. The number of benzene rings is 5. The standard InChI is InChI=1S/C32H22N4O2S2/c33-21-3-1-5-25(15-21)37-23-11-7-19(8-12-23)31-35-27-17-30-28(18-29(27)39-31)36-32(40-30)20-9-13-24(14-10-20)38-26-6-2-4-22(34)16-26/h1-18H,33-34H2. The van der Waals surface area contributed by atoms with Gasteiger partial charge in [-0.3, -0.25) is 0 Å². The second kappa shape index (κ2) is 10.00. The van der Waals surface area contributed by atoms with Gasteiger partial charge in [0.1, 0.15) is 33.0 Å². The van der Waals surface area contributed by atoms with Crippen LogP contribution in [0.3, 0.4) is 0 Å². The molecule has 0 spiro atoms. The van der Waals surface area contributed by atoms with Crippen LogP contribution in [0.2, 0.25) is 0 Å². The van der Waals surface area contributed by atoms with Gasteiger partial charge in [0.15, 0.2) is 0 Å². The van der Waals surface area contributed by atoms with Crippen LogP contribution >= 0.6 is 22.7 Å². The van der Waals surface area contributed by atoms with Crippen molar-refractivity contribution in [3.05, 3.63) is 109 Å². The summed E-state index contributed by atoms with van der Waals surface area (Å²) >= 11 is 3.31. The second-order valence-electron chi connectivity index (χ2n) is 9.22. The molecule has 0 saturated carbocycles. The first-order valence-corrected chi connectivity index (χ1v) is 14.2. The highest BCUT2D eigenvalue weighted by molar-refractivity contribution is 7.23. The fraction of sp³-hybridized carbons (Fsp3) is 0. The minimum absolute atomic E-state index is 0.669. The third kappa shape index (κ3) is 4.93. The molecule has 7 aromatic rings. The molecule has 6 nitrogen and oxygen atoms in total. The molecule has 0 unspecified atom stereocenters. The van der Waals surface area contributed by atoms with E-state index in [9.17, 15) is 0 Å². The highest BCUT2D eigenvalue weighted by Crippen LogP contribution is 2.38. The lowest BCUT2D eigenvalue weighted by Crippen LogP contribution is -1.87. The van der Waals surface area contributed by atoms with Crippen LogP contribution in [0.25, 0.3) is 41.6 Å². The molecular formula is C32H22N4O2S2. The van der Waals surface area contributed by atoms with E-state index < -0.39 is 0 Å². The molecular weight excluding hydrogens is 537 g/mol. The number of aromatic nitrogens is 2. The maximum atomic E-state index is 5.92. The van der Waals surface area contributed by atoms with Crippen LogP contribution in [-0.4, -0.2) is 9.97 Å². The van der Waals surface area contributed by atoms with Crippen LogP contribution in [0.4, 0.5) is 11.4 Å². The Bertz CT molecular complexity index is 1790. The van der Waals surface area contributed by atoms with Gasteiger partial charge in [-0.25, -0.2) is 9.97 Å². The third-order valence-electron chi connectivity index (χ3n) is 6.29. The molecule has 2 aromatic heterocycles. The van der Waals surface area contributed by atoms with E-state index >= 15 is 0 Å². The summed E-state index contributed by atoms with van der Waals surface area (Å²) < 4.78 is 14.0. The molecule has 0 saturated heterocycles. The Balaban J connectivity index is 1.10. The molecule has 8 heteroatoms. The number of ether oxygens (including phenoxy) is 2. The van der Waals surface area contributed by atoms with Gasteiger partial charge in [-0.15, -0.1) is 22.7 Å². The van der Waals surface area contributed by atoms with Crippen LogP contribution in [-0.2, 0) is 0 Å². The molecule has 0 aliphatic carbocycles. The summed E-state index contributed by atoms with van der Waals surface area (Å²) in [5.74, 6) is 2.91. The van der Waals surface area contributed by atoms with E-state index in [-0.39, 0.29) is 0 Å². The van der Waals surface area contributed by atoms with Crippen molar-refractivity contribution in [2.45, 2.75) is 0 Å². The first kappa shape index (κ1) is 24.1. The number of fused-ring (bicyclic) bond motifs is 2. The van der Waals surface area contributed by atoms with Crippen LogP contribution < -0.4 is 20.9 Å². The molecule has 0 radical (unpaired) electrons. The zero-order valence-electron chi connectivity index (χ0n) is 21.1. The minimum Gasteiger partial charge on any atom is -0.457 e. The lowest BCUT2D eigenvalue weighted by atomic mass is 10.2. The first-order chi connectivity index (χ1) is 19.6. The molecule has 0 aliphatic rings. The smallest absolute Gasteiger partial charge is 0.129 e. The minimum atomic E-state index is 0.669. The van der Waals surface area contributed by atoms with Crippen molar-refractivity contribution in [1.29, 1.82) is 0 Å². The normalized spacial score (nSPS) is 11.2. The number of nitrogens with two attached hydrogens (primary N) is 2. The van der Waals surface area contributed by atoms with Gasteiger partial charge < -0.3 is 20.9 Å². The second-order valence-corrected chi connectivity index (χ2v) is 11.3. The number of rotatable bonds is 6. The topological polar surface area (TPSA) is 96.3 Å². The van der Waals surface area contributed by atoms with Crippen LogP contribution in [0.1, 0.15) is 0 Å². The maximum Gasteiger partial charge on any atom is 0.129 e. The summed E-state index contributed by atoms with van der Waals surface area (Å²) in [5.41, 5.74) is 17.1. The molecule has 0 amide bonds. The number of anilines is 2. The Morgan fingerprint density at radius 3 is 1.30 bits per heavy atom. The third-order valence-corrected chi connectivity index (χ3v) is 8.42. The van der Waals surface area contributed by atoms with Gasteiger partial charge in [-0.05, 0) is 84.9 Å². The van der Waals surface area contributed by atoms with Crippen molar-refractivity contribution in [2.75, 3.05) is 11.5 Å². The summed E-state index contributed by atoms with van der Waals surface area (Å²) in [6.45, 7) is 0. The van der Waals surface area contributed by atoms with Gasteiger partial charge in [0.2, 0.25) is 0 Å². The molecule has 194 valence electrons. The van der Waals surface area contributed by atoms with E-state index in [0.717, 1.165) is 53.1 Å². The van der Waals surface area contributed by atoms with Crippen LogP contribution in [0.5, 0.6) is 23.0 Å². The van der Waals surface area contributed by atoms with Crippen molar-refractivity contribution in [3.8, 4) is 44.1 Å². The predicted molar refractivity (Wildman–Crippen MR) is 166 cm³/mol. The maximum absolute atomic E-state index is 5.92. The molecule has 7 rings (SSSR count). The van der Waals surface area contributed by atoms with Gasteiger partial charge in [-0.2, -0.15) is 0 Å². The SMILES string of the molecule is Nc1cccc(Oc2ccc(-c3nc4cc5sc(-c6ccc(Oc7cccc(N)c7)cc6)nc5cc4s3)cc2)c1. The first-order valence-electron chi connectivity index (χ1n) is 12.5. The van der Waals surface area contributed by atoms with Crippen molar-refractivity contribution in [3.63, 3.8) is 0 Å². The largest absolute Gasteiger partial charge is 0.457 e. The number of nitrogen functional groups attached to an aromatic ring is 2. The Kier molecular flexibility index (Phi) is 6.03.